The van der Waals surface area contributed by atoms with Crippen molar-refractivity contribution in [2.75, 3.05) is 17.2 Å². The molecule has 0 unspecified atom stereocenters. The lowest BCUT2D eigenvalue weighted by Crippen LogP contribution is -2.34. The molecule has 0 radical (unpaired) electrons. The molecule has 5 nitrogen and oxygen atoms in total. The zero-order chi connectivity index (χ0) is 14.4. The molecule has 104 valence electrons. The van der Waals surface area contributed by atoms with Crippen LogP contribution in [0.1, 0.15) is 26.7 Å². The van der Waals surface area contributed by atoms with E-state index in [1.54, 1.807) is 24.3 Å². The number of carbonyl (C=O) groups excluding carboxylic acids is 1. The minimum Gasteiger partial charge on any atom is -0.481 e. The first-order valence-corrected chi connectivity index (χ1v) is 6.28. The minimum absolute atomic E-state index is 0.0990. The SMILES string of the molecule is CC(C)CC(=O)N(CCC(=O)O)c1ccccc1N. The molecule has 0 atom stereocenters. The van der Waals surface area contributed by atoms with Crippen LogP contribution in [0.25, 0.3) is 0 Å². The second-order valence-corrected chi connectivity index (χ2v) is 4.85. The Morgan fingerprint density at radius 3 is 2.47 bits per heavy atom. The number of carboxylic acid groups (broad SMARTS) is 1. The standard InChI is InChI=1S/C14H20N2O3/c1-10(2)9-13(17)16(8-7-14(18)19)12-6-4-3-5-11(12)15/h3-6,10H,7-9,15H2,1-2H3,(H,18,19). The van der Waals surface area contributed by atoms with E-state index >= 15 is 0 Å². The van der Waals surface area contributed by atoms with Crippen LogP contribution in [0.5, 0.6) is 0 Å². The lowest BCUT2D eigenvalue weighted by Gasteiger charge is -2.24. The third-order valence-electron chi connectivity index (χ3n) is 2.66. The average molecular weight is 264 g/mol. The largest absolute Gasteiger partial charge is 0.481 e. The number of rotatable bonds is 6. The number of aliphatic carboxylic acids is 1. The van der Waals surface area contributed by atoms with Gasteiger partial charge >= 0.3 is 5.97 Å². The van der Waals surface area contributed by atoms with Gasteiger partial charge in [-0.15, -0.1) is 0 Å². The van der Waals surface area contributed by atoms with Crippen molar-refractivity contribution in [3.63, 3.8) is 0 Å². The number of amides is 1. The summed E-state index contributed by atoms with van der Waals surface area (Å²) in [4.78, 5) is 24.4. The van der Waals surface area contributed by atoms with E-state index in [1.807, 2.05) is 13.8 Å². The number of anilines is 2. The van der Waals surface area contributed by atoms with Gasteiger partial charge < -0.3 is 15.7 Å². The summed E-state index contributed by atoms with van der Waals surface area (Å²) < 4.78 is 0. The third kappa shape index (κ3) is 4.62. The van der Waals surface area contributed by atoms with Crippen LogP contribution in [-0.2, 0) is 9.59 Å². The number of benzene rings is 1. The molecule has 0 fully saturated rings. The Bertz CT molecular complexity index is 458. The van der Waals surface area contributed by atoms with E-state index in [9.17, 15) is 9.59 Å². The lowest BCUT2D eigenvalue weighted by molar-refractivity contribution is -0.136. The van der Waals surface area contributed by atoms with Crippen molar-refractivity contribution >= 4 is 23.3 Å². The van der Waals surface area contributed by atoms with Crippen LogP contribution < -0.4 is 10.6 Å². The van der Waals surface area contributed by atoms with Crippen molar-refractivity contribution < 1.29 is 14.7 Å². The Balaban J connectivity index is 2.95. The van der Waals surface area contributed by atoms with Gasteiger partial charge in [-0.3, -0.25) is 9.59 Å². The maximum absolute atomic E-state index is 12.2. The molecule has 0 aliphatic carbocycles. The molecule has 1 rings (SSSR count). The first-order valence-electron chi connectivity index (χ1n) is 6.28. The highest BCUT2D eigenvalue weighted by Gasteiger charge is 2.19. The molecule has 1 aromatic rings. The molecule has 0 spiro atoms. The van der Waals surface area contributed by atoms with Crippen molar-refractivity contribution in [1.82, 2.24) is 0 Å². The Morgan fingerprint density at radius 1 is 1.32 bits per heavy atom. The summed E-state index contributed by atoms with van der Waals surface area (Å²) in [6.45, 7) is 4.03. The van der Waals surface area contributed by atoms with E-state index in [4.69, 9.17) is 10.8 Å². The van der Waals surface area contributed by atoms with Crippen molar-refractivity contribution in [1.29, 1.82) is 0 Å². The smallest absolute Gasteiger partial charge is 0.305 e. The highest BCUT2D eigenvalue weighted by molar-refractivity contribution is 5.96. The normalized spacial score (nSPS) is 10.5. The second kappa shape index (κ2) is 6.78. The predicted molar refractivity (Wildman–Crippen MR) is 74.9 cm³/mol. The minimum atomic E-state index is -0.933. The Morgan fingerprint density at radius 2 is 1.95 bits per heavy atom. The van der Waals surface area contributed by atoms with Crippen LogP contribution in [-0.4, -0.2) is 23.5 Å². The lowest BCUT2D eigenvalue weighted by atomic mass is 10.1. The molecule has 5 heteroatoms. The van der Waals surface area contributed by atoms with Gasteiger partial charge in [0.05, 0.1) is 17.8 Å². The van der Waals surface area contributed by atoms with E-state index < -0.39 is 5.97 Å². The summed E-state index contributed by atoms with van der Waals surface area (Å²) >= 11 is 0. The molecule has 1 amide bonds. The summed E-state index contributed by atoms with van der Waals surface area (Å²) in [5, 5.41) is 8.77. The van der Waals surface area contributed by atoms with Crippen LogP contribution in [0, 0.1) is 5.92 Å². The zero-order valence-electron chi connectivity index (χ0n) is 11.3. The maximum Gasteiger partial charge on any atom is 0.305 e. The number of hydrogen-bond acceptors (Lipinski definition) is 3. The monoisotopic (exact) mass is 264 g/mol. The van der Waals surface area contributed by atoms with E-state index in [1.165, 1.54) is 4.90 Å². The van der Waals surface area contributed by atoms with Crippen molar-refractivity contribution in [3.05, 3.63) is 24.3 Å². The maximum atomic E-state index is 12.2. The molecular formula is C14H20N2O3. The van der Waals surface area contributed by atoms with Crippen LogP contribution in [0.15, 0.2) is 24.3 Å². The first kappa shape index (κ1) is 15.0. The molecule has 19 heavy (non-hydrogen) atoms. The molecule has 0 saturated carbocycles. The molecule has 0 saturated heterocycles. The van der Waals surface area contributed by atoms with Crippen LogP contribution in [0.4, 0.5) is 11.4 Å². The number of hydrogen-bond donors (Lipinski definition) is 2. The fourth-order valence-corrected chi connectivity index (χ4v) is 1.78. The van der Waals surface area contributed by atoms with Crippen molar-refractivity contribution in [3.8, 4) is 0 Å². The number of carboxylic acids is 1. The topological polar surface area (TPSA) is 83.6 Å². The van der Waals surface area contributed by atoms with E-state index in [0.29, 0.717) is 17.8 Å². The van der Waals surface area contributed by atoms with Gasteiger partial charge in [0.15, 0.2) is 0 Å². The summed E-state index contributed by atoms with van der Waals surface area (Å²) in [5.41, 5.74) is 6.91. The predicted octanol–water partition coefficient (Wildman–Crippen LogP) is 2.12. The van der Waals surface area contributed by atoms with E-state index in [0.717, 1.165) is 0 Å². The highest BCUT2D eigenvalue weighted by atomic mass is 16.4. The summed E-state index contributed by atoms with van der Waals surface area (Å²) in [6, 6.07) is 6.99. The molecule has 0 heterocycles. The highest BCUT2D eigenvalue weighted by Crippen LogP contribution is 2.24. The van der Waals surface area contributed by atoms with E-state index in [-0.39, 0.29) is 24.8 Å². The third-order valence-corrected chi connectivity index (χ3v) is 2.66. The van der Waals surface area contributed by atoms with Crippen LogP contribution in [0.3, 0.4) is 0 Å². The molecule has 0 aliphatic rings. The van der Waals surface area contributed by atoms with E-state index in [2.05, 4.69) is 0 Å². The second-order valence-electron chi connectivity index (χ2n) is 4.85. The zero-order valence-corrected chi connectivity index (χ0v) is 11.3. The van der Waals surface area contributed by atoms with Gasteiger partial charge in [-0.1, -0.05) is 26.0 Å². The molecule has 0 aliphatic heterocycles. The molecule has 3 N–H and O–H groups in total. The van der Waals surface area contributed by atoms with Crippen molar-refractivity contribution in [2.24, 2.45) is 5.92 Å². The fourth-order valence-electron chi connectivity index (χ4n) is 1.78. The Hall–Kier alpha value is -2.04. The summed E-state index contributed by atoms with van der Waals surface area (Å²) in [6.07, 6.45) is 0.270. The summed E-state index contributed by atoms with van der Waals surface area (Å²) in [7, 11) is 0. The van der Waals surface area contributed by atoms with Gasteiger partial charge in [-0.05, 0) is 18.1 Å². The van der Waals surface area contributed by atoms with Gasteiger partial charge in [0.1, 0.15) is 0 Å². The molecule has 1 aromatic carbocycles. The number of nitrogens with zero attached hydrogens (tertiary/aromatic N) is 1. The Kier molecular flexibility index (Phi) is 5.36. The quantitative estimate of drug-likeness (QED) is 0.771. The van der Waals surface area contributed by atoms with Crippen molar-refractivity contribution in [2.45, 2.75) is 26.7 Å². The van der Waals surface area contributed by atoms with Gasteiger partial charge in [0, 0.05) is 13.0 Å². The number of carbonyl (C=O) groups is 2. The van der Waals surface area contributed by atoms with Crippen LogP contribution >= 0.6 is 0 Å². The number of para-hydroxylation sites is 2. The van der Waals surface area contributed by atoms with Crippen LogP contribution in [0.2, 0.25) is 0 Å². The molecule has 0 bridgehead atoms. The van der Waals surface area contributed by atoms with Gasteiger partial charge in [-0.25, -0.2) is 0 Å². The van der Waals surface area contributed by atoms with Gasteiger partial charge in [-0.2, -0.15) is 0 Å². The molecule has 0 aromatic heterocycles. The molecular weight excluding hydrogens is 244 g/mol. The first-order chi connectivity index (χ1) is 8.91. The summed E-state index contributed by atoms with van der Waals surface area (Å²) in [5.74, 6) is -0.823. The van der Waals surface area contributed by atoms with Gasteiger partial charge in [0.2, 0.25) is 5.91 Å². The Labute approximate surface area is 113 Å². The van der Waals surface area contributed by atoms with Gasteiger partial charge in [0.25, 0.3) is 0 Å². The number of nitrogens with two attached hydrogens (primary N) is 1. The number of nitrogen functional groups attached to an aromatic ring is 1. The fraction of sp³-hybridized carbons (Fsp3) is 0.429. The average Bonchev–Trinajstić information content (AvgIpc) is 2.30.